The van der Waals surface area contributed by atoms with Crippen LogP contribution < -0.4 is 0 Å². The molecule has 0 rings (SSSR count). The quantitative estimate of drug-likeness (QED) is 0.513. The van der Waals surface area contributed by atoms with Crippen LogP contribution in [0.5, 0.6) is 0 Å². The topological polar surface area (TPSA) is 38.7 Å². The van der Waals surface area contributed by atoms with Crippen LogP contribution in [-0.4, -0.2) is 25.1 Å². The monoisotopic (exact) mass is 110 g/mol. The smallest absolute Gasteiger partial charge is 0.181 e. The van der Waals surface area contributed by atoms with E-state index in [1.54, 1.807) is 0 Å². The van der Waals surface area contributed by atoms with Crippen LogP contribution in [0.4, 0.5) is 4.53 Å². The van der Waals surface area contributed by atoms with Crippen molar-refractivity contribution < 1.29 is 19.3 Å². The maximum absolute atomic E-state index is 10.7. The minimum atomic E-state index is -1.15. The number of rotatable bonds is 3. The van der Waals surface area contributed by atoms with Gasteiger partial charge in [0.1, 0.15) is 6.61 Å². The Morgan fingerprint density at radius 2 is 2.43 bits per heavy atom. The van der Waals surface area contributed by atoms with Crippen molar-refractivity contribution in [2.75, 3.05) is 13.7 Å². The maximum atomic E-state index is 10.7. The Morgan fingerprint density at radius 3 is 2.57 bits per heavy atom. The molecular formula is C3H7FO3. The minimum Gasteiger partial charge on any atom is -0.366 e. The highest BCUT2D eigenvalue weighted by Crippen LogP contribution is 1.83. The van der Waals surface area contributed by atoms with Gasteiger partial charge in [0, 0.05) is 7.11 Å². The summed E-state index contributed by atoms with van der Waals surface area (Å²) in [5.74, 6) is 0. The van der Waals surface area contributed by atoms with Crippen molar-refractivity contribution in [3.63, 3.8) is 0 Å². The van der Waals surface area contributed by atoms with Crippen LogP contribution in [0.2, 0.25) is 0 Å². The fourth-order valence-electron chi connectivity index (χ4n) is 0.122. The van der Waals surface area contributed by atoms with Crippen molar-refractivity contribution in [2.24, 2.45) is 0 Å². The zero-order valence-electron chi connectivity index (χ0n) is 3.93. The number of methoxy groups -OCH3 is 1. The van der Waals surface area contributed by atoms with E-state index in [4.69, 9.17) is 5.11 Å². The molecule has 0 fully saturated rings. The molecule has 1 N–H and O–H groups in total. The second kappa shape index (κ2) is 3.98. The van der Waals surface area contributed by atoms with Crippen molar-refractivity contribution in [1.29, 1.82) is 0 Å². The van der Waals surface area contributed by atoms with Gasteiger partial charge in [-0.15, -0.1) is 0 Å². The number of aliphatic hydroxyl groups excluding tert-OH is 1. The van der Waals surface area contributed by atoms with Crippen LogP contribution in [0.1, 0.15) is 0 Å². The summed E-state index contributed by atoms with van der Waals surface area (Å²) in [5.41, 5.74) is 0. The molecule has 1 unspecified atom stereocenters. The van der Waals surface area contributed by atoms with Crippen molar-refractivity contribution in [3.05, 3.63) is 0 Å². The normalized spacial score (nSPS) is 14.1. The molecule has 0 heterocycles. The van der Waals surface area contributed by atoms with Crippen molar-refractivity contribution >= 4 is 0 Å². The molecule has 0 spiro atoms. The van der Waals surface area contributed by atoms with Gasteiger partial charge in [0.15, 0.2) is 6.29 Å². The molecule has 4 heteroatoms. The molecule has 0 aromatic rings. The molecule has 0 amide bonds. The Balaban J connectivity index is 2.83. The van der Waals surface area contributed by atoms with Crippen LogP contribution in [0.3, 0.4) is 0 Å². The number of hydrogen-bond donors (Lipinski definition) is 1. The number of ether oxygens (including phenoxy) is 1. The SMILES string of the molecule is COC(O)COF. The molecule has 0 aliphatic heterocycles. The van der Waals surface area contributed by atoms with Gasteiger partial charge in [-0.1, -0.05) is 0 Å². The molecule has 3 nitrogen and oxygen atoms in total. The Hall–Kier alpha value is -0.190. The molecule has 0 aliphatic carbocycles. The zero-order chi connectivity index (χ0) is 5.70. The Labute approximate surface area is 40.6 Å². The van der Waals surface area contributed by atoms with Crippen LogP contribution in [0.15, 0.2) is 0 Å². The third-order valence-corrected chi connectivity index (χ3v) is 0.478. The molecule has 0 radical (unpaired) electrons. The third-order valence-electron chi connectivity index (χ3n) is 0.478. The first-order chi connectivity index (χ1) is 3.31. The molecule has 0 bridgehead atoms. The lowest BCUT2D eigenvalue weighted by Gasteiger charge is -2.01. The molecule has 7 heavy (non-hydrogen) atoms. The van der Waals surface area contributed by atoms with E-state index in [1.807, 2.05) is 0 Å². The molecule has 0 saturated carbocycles. The van der Waals surface area contributed by atoms with E-state index in [1.165, 1.54) is 7.11 Å². The second-order valence-electron chi connectivity index (χ2n) is 0.966. The predicted octanol–water partition coefficient (Wildman–Crippen LogP) is -0.148. The van der Waals surface area contributed by atoms with E-state index in [2.05, 4.69) is 9.68 Å². The lowest BCUT2D eigenvalue weighted by molar-refractivity contribution is -0.207. The van der Waals surface area contributed by atoms with Crippen LogP contribution in [0, 0.1) is 0 Å². The van der Waals surface area contributed by atoms with Crippen LogP contribution in [-0.2, 0) is 9.68 Å². The van der Waals surface area contributed by atoms with E-state index in [0.717, 1.165) is 0 Å². The standard InChI is InChI=1S/C3H7FO3/c1-6-3(5)2-7-4/h3,5H,2H2,1H3. The van der Waals surface area contributed by atoms with Crippen LogP contribution in [0.25, 0.3) is 0 Å². The van der Waals surface area contributed by atoms with Gasteiger partial charge >= 0.3 is 0 Å². The van der Waals surface area contributed by atoms with Crippen molar-refractivity contribution in [1.82, 2.24) is 0 Å². The molecule has 0 saturated heterocycles. The highest BCUT2D eigenvalue weighted by Gasteiger charge is 1.97. The third kappa shape index (κ3) is 3.65. The van der Waals surface area contributed by atoms with Crippen LogP contribution >= 0.6 is 0 Å². The van der Waals surface area contributed by atoms with Gasteiger partial charge in [0.2, 0.25) is 0 Å². The highest BCUT2D eigenvalue weighted by molar-refractivity contribution is 4.27. The van der Waals surface area contributed by atoms with Crippen molar-refractivity contribution in [3.8, 4) is 0 Å². The predicted molar refractivity (Wildman–Crippen MR) is 20.1 cm³/mol. The summed E-state index contributed by atoms with van der Waals surface area (Å²) in [7, 11) is 1.25. The summed E-state index contributed by atoms with van der Waals surface area (Å²) in [6, 6.07) is 0. The van der Waals surface area contributed by atoms with Gasteiger partial charge in [0.05, 0.1) is 0 Å². The average Bonchev–Trinajstić information content (AvgIpc) is 1.68. The van der Waals surface area contributed by atoms with Gasteiger partial charge < -0.3 is 9.84 Å². The minimum absolute atomic E-state index is 0.434. The Morgan fingerprint density at radius 1 is 1.86 bits per heavy atom. The second-order valence-corrected chi connectivity index (χ2v) is 0.966. The summed E-state index contributed by atoms with van der Waals surface area (Å²) in [6.07, 6.45) is -1.15. The molecule has 1 atom stereocenters. The first kappa shape index (κ1) is 6.81. The summed E-state index contributed by atoms with van der Waals surface area (Å²) >= 11 is 0. The van der Waals surface area contributed by atoms with Gasteiger partial charge in [-0.3, -0.25) is 0 Å². The Kier molecular flexibility index (Phi) is 3.87. The molecular weight excluding hydrogens is 103 g/mol. The lowest BCUT2D eigenvalue weighted by atomic mass is 10.7. The van der Waals surface area contributed by atoms with E-state index in [0.29, 0.717) is 0 Å². The largest absolute Gasteiger partial charge is 0.366 e. The first-order valence-electron chi connectivity index (χ1n) is 1.75. The Bertz CT molecular complexity index is 41.2. The first-order valence-corrected chi connectivity index (χ1v) is 1.75. The molecule has 0 aromatic carbocycles. The van der Waals surface area contributed by atoms with Gasteiger partial charge in [0.25, 0.3) is 0 Å². The lowest BCUT2D eigenvalue weighted by Crippen LogP contribution is -2.14. The van der Waals surface area contributed by atoms with Gasteiger partial charge in [-0.25, -0.2) is 0 Å². The maximum Gasteiger partial charge on any atom is 0.181 e. The summed E-state index contributed by atoms with van der Waals surface area (Å²) in [5, 5.41) is 8.27. The fourth-order valence-corrected chi connectivity index (χ4v) is 0.122. The molecule has 0 aliphatic rings. The van der Waals surface area contributed by atoms with Crippen molar-refractivity contribution in [2.45, 2.75) is 6.29 Å². The van der Waals surface area contributed by atoms with E-state index in [9.17, 15) is 4.53 Å². The molecule has 44 valence electrons. The summed E-state index contributed by atoms with van der Waals surface area (Å²) in [6.45, 7) is -0.434. The highest BCUT2D eigenvalue weighted by atomic mass is 19.3. The van der Waals surface area contributed by atoms with E-state index < -0.39 is 12.9 Å². The van der Waals surface area contributed by atoms with E-state index >= 15 is 0 Å². The number of aliphatic hydroxyl groups is 1. The van der Waals surface area contributed by atoms with Gasteiger partial charge in [-0.05, 0) is 4.53 Å². The van der Waals surface area contributed by atoms with Gasteiger partial charge in [-0.2, -0.15) is 4.94 Å². The number of halogens is 1. The average molecular weight is 110 g/mol. The zero-order valence-corrected chi connectivity index (χ0v) is 3.93. The summed E-state index contributed by atoms with van der Waals surface area (Å²) in [4.78, 5) is 3.02. The van der Waals surface area contributed by atoms with E-state index in [-0.39, 0.29) is 0 Å². The summed E-state index contributed by atoms with van der Waals surface area (Å²) < 4.78 is 14.9. The molecule has 0 aromatic heterocycles. The fraction of sp³-hybridized carbons (Fsp3) is 1.00. The number of hydrogen-bond acceptors (Lipinski definition) is 3.